The second-order valence-electron chi connectivity index (χ2n) is 4.36. The summed E-state index contributed by atoms with van der Waals surface area (Å²) in [4.78, 5) is 13.4. The quantitative estimate of drug-likeness (QED) is 0.805. The molecule has 106 valence electrons. The Kier molecular flexibility index (Phi) is 6.67. The molecule has 0 fully saturated rings. The van der Waals surface area contributed by atoms with Gasteiger partial charge in [-0.05, 0) is 18.7 Å². The molecular formula is C14H22ClN3O. The fourth-order valence-corrected chi connectivity index (χ4v) is 2.08. The zero-order valence-corrected chi connectivity index (χ0v) is 12.5. The van der Waals surface area contributed by atoms with Crippen LogP contribution in [0.3, 0.4) is 0 Å². The van der Waals surface area contributed by atoms with Gasteiger partial charge in [-0.1, -0.05) is 24.6 Å². The van der Waals surface area contributed by atoms with E-state index in [1.807, 2.05) is 25.2 Å². The number of hydrogen-bond acceptors (Lipinski definition) is 3. The first-order valence-corrected chi connectivity index (χ1v) is 6.87. The molecule has 1 rings (SSSR count). The number of hydrogen-bond donors (Lipinski definition) is 2. The summed E-state index contributed by atoms with van der Waals surface area (Å²) in [6.45, 7) is 4.35. The van der Waals surface area contributed by atoms with Gasteiger partial charge in [0.05, 0.1) is 0 Å². The van der Waals surface area contributed by atoms with Gasteiger partial charge >= 0.3 is 0 Å². The molecule has 0 bridgehead atoms. The Morgan fingerprint density at radius 3 is 2.79 bits per heavy atom. The average molecular weight is 284 g/mol. The molecule has 4 nitrogen and oxygen atoms in total. The maximum absolute atomic E-state index is 11.3. The Morgan fingerprint density at radius 2 is 2.16 bits per heavy atom. The van der Waals surface area contributed by atoms with Crippen molar-refractivity contribution in [2.24, 2.45) is 0 Å². The van der Waals surface area contributed by atoms with E-state index in [0.29, 0.717) is 13.0 Å². The molecular weight excluding hydrogens is 262 g/mol. The van der Waals surface area contributed by atoms with Gasteiger partial charge in [0.25, 0.3) is 0 Å². The van der Waals surface area contributed by atoms with Gasteiger partial charge in [0.1, 0.15) is 0 Å². The van der Waals surface area contributed by atoms with Crippen LogP contribution >= 0.6 is 11.6 Å². The first kappa shape index (κ1) is 15.8. The van der Waals surface area contributed by atoms with Crippen molar-refractivity contribution >= 4 is 23.2 Å². The molecule has 5 heteroatoms. The summed E-state index contributed by atoms with van der Waals surface area (Å²) in [5.74, 6) is 0.0436. The van der Waals surface area contributed by atoms with Crippen molar-refractivity contribution in [1.82, 2.24) is 10.6 Å². The Hall–Kier alpha value is -1.26. The van der Waals surface area contributed by atoms with Crippen LogP contribution in [0.1, 0.15) is 18.9 Å². The van der Waals surface area contributed by atoms with Gasteiger partial charge in [-0.2, -0.15) is 0 Å². The Labute approximate surface area is 120 Å². The summed E-state index contributed by atoms with van der Waals surface area (Å²) in [6.07, 6.45) is 0.472. The van der Waals surface area contributed by atoms with Crippen molar-refractivity contribution in [3.63, 3.8) is 0 Å². The number of anilines is 1. The molecule has 0 saturated heterocycles. The lowest BCUT2D eigenvalue weighted by Gasteiger charge is -2.23. The van der Waals surface area contributed by atoms with Crippen LogP contribution in [0.4, 0.5) is 5.69 Å². The Morgan fingerprint density at radius 1 is 1.42 bits per heavy atom. The van der Waals surface area contributed by atoms with Crippen molar-refractivity contribution in [2.75, 3.05) is 32.1 Å². The number of nitrogens with zero attached hydrogens (tertiary/aromatic N) is 1. The molecule has 0 aliphatic carbocycles. The van der Waals surface area contributed by atoms with Gasteiger partial charge in [-0.3, -0.25) is 4.79 Å². The summed E-state index contributed by atoms with van der Waals surface area (Å²) in [6, 6.07) is 5.86. The van der Waals surface area contributed by atoms with Gasteiger partial charge in [-0.25, -0.2) is 0 Å². The highest BCUT2D eigenvalue weighted by Crippen LogP contribution is 2.26. The molecule has 1 aromatic carbocycles. The van der Waals surface area contributed by atoms with Crippen molar-refractivity contribution in [3.05, 3.63) is 28.8 Å². The van der Waals surface area contributed by atoms with Crippen molar-refractivity contribution < 1.29 is 4.79 Å². The maximum Gasteiger partial charge on any atom is 0.221 e. The van der Waals surface area contributed by atoms with Crippen molar-refractivity contribution in [3.8, 4) is 0 Å². The van der Waals surface area contributed by atoms with Crippen LogP contribution in [0.25, 0.3) is 0 Å². The van der Waals surface area contributed by atoms with E-state index in [4.69, 9.17) is 11.6 Å². The third kappa shape index (κ3) is 4.73. The van der Waals surface area contributed by atoms with Gasteiger partial charge < -0.3 is 15.5 Å². The summed E-state index contributed by atoms with van der Waals surface area (Å²) >= 11 is 6.25. The van der Waals surface area contributed by atoms with E-state index in [9.17, 15) is 4.79 Å². The van der Waals surface area contributed by atoms with E-state index in [1.165, 1.54) is 0 Å². The molecule has 2 N–H and O–H groups in total. The molecule has 0 saturated carbocycles. The van der Waals surface area contributed by atoms with Gasteiger partial charge in [0.15, 0.2) is 0 Å². The molecule has 0 heterocycles. The fraction of sp³-hybridized carbons (Fsp3) is 0.500. The van der Waals surface area contributed by atoms with Gasteiger partial charge in [-0.15, -0.1) is 0 Å². The monoisotopic (exact) mass is 283 g/mol. The van der Waals surface area contributed by atoms with E-state index in [2.05, 4.69) is 22.5 Å². The van der Waals surface area contributed by atoms with E-state index < -0.39 is 0 Å². The molecule has 0 unspecified atom stereocenters. The lowest BCUT2D eigenvalue weighted by Crippen LogP contribution is -2.27. The van der Waals surface area contributed by atoms with Gasteiger partial charge in [0.2, 0.25) is 5.91 Å². The molecule has 0 atom stereocenters. The maximum atomic E-state index is 11.3. The largest absolute Gasteiger partial charge is 0.374 e. The average Bonchev–Trinajstić information content (AvgIpc) is 2.42. The second kappa shape index (κ2) is 8.02. The SMILES string of the molecule is CCNCc1c(Cl)cccc1N(C)CCC(=O)NC. The third-order valence-electron chi connectivity index (χ3n) is 3.01. The van der Waals surface area contributed by atoms with Crippen LogP contribution in [0.15, 0.2) is 18.2 Å². The van der Waals surface area contributed by atoms with E-state index >= 15 is 0 Å². The topological polar surface area (TPSA) is 44.4 Å². The number of amides is 1. The lowest BCUT2D eigenvalue weighted by atomic mass is 10.1. The molecule has 0 aliphatic heterocycles. The second-order valence-corrected chi connectivity index (χ2v) is 4.77. The molecule has 0 aliphatic rings. The first-order valence-electron chi connectivity index (χ1n) is 6.50. The van der Waals surface area contributed by atoms with E-state index in [-0.39, 0.29) is 5.91 Å². The summed E-state index contributed by atoms with van der Waals surface area (Å²) in [7, 11) is 3.63. The molecule has 0 spiro atoms. The summed E-state index contributed by atoms with van der Waals surface area (Å²) in [5.41, 5.74) is 2.14. The molecule has 0 radical (unpaired) electrons. The number of carbonyl (C=O) groups excluding carboxylic acids is 1. The third-order valence-corrected chi connectivity index (χ3v) is 3.36. The smallest absolute Gasteiger partial charge is 0.221 e. The van der Waals surface area contributed by atoms with Gasteiger partial charge in [0, 0.05) is 49.9 Å². The van der Waals surface area contributed by atoms with Crippen LogP contribution < -0.4 is 15.5 Å². The normalized spacial score (nSPS) is 10.3. The lowest BCUT2D eigenvalue weighted by molar-refractivity contribution is -0.120. The standard InChI is InChI=1S/C14H22ClN3O/c1-4-17-10-11-12(15)6-5-7-13(11)18(3)9-8-14(19)16-2/h5-7,17H,4,8-10H2,1-3H3,(H,16,19). The molecule has 1 amide bonds. The Bertz CT molecular complexity index is 423. The molecule has 1 aromatic rings. The number of nitrogens with one attached hydrogen (secondary N) is 2. The van der Waals surface area contributed by atoms with Crippen molar-refractivity contribution in [2.45, 2.75) is 19.9 Å². The summed E-state index contributed by atoms with van der Waals surface area (Å²) in [5, 5.41) is 6.67. The highest BCUT2D eigenvalue weighted by atomic mass is 35.5. The van der Waals surface area contributed by atoms with Crippen LogP contribution in [0.5, 0.6) is 0 Å². The minimum atomic E-state index is 0.0436. The fourth-order valence-electron chi connectivity index (χ4n) is 1.84. The van der Waals surface area contributed by atoms with E-state index in [1.54, 1.807) is 7.05 Å². The van der Waals surface area contributed by atoms with Crippen molar-refractivity contribution in [1.29, 1.82) is 0 Å². The minimum Gasteiger partial charge on any atom is -0.374 e. The van der Waals surface area contributed by atoms with Crippen LogP contribution in [-0.4, -0.2) is 33.1 Å². The van der Waals surface area contributed by atoms with Crippen LogP contribution in [-0.2, 0) is 11.3 Å². The number of rotatable bonds is 7. The minimum absolute atomic E-state index is 0.0436. The van der Waals surface area contributed by atoms with Crippen LogP contribution in [0, 0.1) is 0 Å². The zero-order valence-electron chi connectivity index (χ0n) is 11.8. The summed E-state index contributed by atoms with van der Waals surface area (Å²) < 4.78 is 0. The highest BCUT2D eigenvalue weighted by Gasteiger charge is 2.11. The number of carbonyl (C=O) groups is 1. The predicted molar refractivity (Wildman–Crippen MR) is 80.8 cm³/mol. The predicted octanol–water partition coefficient (Wildman–Crippen LogP) is 2.02. The Balaban J connectivity index is 2.80. The molecule has 0 aromatic heterocycles. The van der Waals surface area contributed by atoms with Crippen LogP contribution in [0.2, 0.25) is 5.02 Å². The first-order chi connectivity index (χ1) is 9.10. The van der Waals surface area contributed by atoms with E-state index in [0.717, 1.165) is 29.4 Å². The molecule has 19 heavy (non-hydrogen) atoms. The number of halogens is 1. The zero-order chi connectivity index (χ0) is 14.3. The highest BCUT2D eigenvalue weighted by molar-refractivity contribution is 6.31. The number of benzene rings is 1.